The second-order valence-corrected chi connectivity index (χ2v) is 10.2. The fourth-order valence-electron chi connectivity index (χ4n) is 6.23. The smallest absolute Gasteiger partial charge is 0.168 e. The number of rotatable bonds is 7. The number of aryl methyl sites for hydroxylation is 1. The maximum atomic E-state index is 14.5. The summed E-state index contributed by atoms with van der Waals surface area (Å²) in [5.74, 6) is 4.42. The topological polar surface area (TPSA) is 18.5 Å². The predicted octanol–water partition coefficient (Wildman–Crippen LogP) is 7.72. The summed E-state index contributed by atoms with van der Waals surface area (Å²) in [6.45, 7) is 5.05. The van der Waals surface area contributed by atoms with Gasteiger partial charge < -0.3 is 9.47 Å². The molecule has 0 saturated heterocycles. The van der Waals surface area contributed by atoms with Crippen molar-refractivity contribution in [1.82, 2.24) is 0 Å². The van der Waals surface area contributed by atoms with Crippen molar-refractivity contribution in [2.45, 2.75) is 103 Å². The molecule has 0 radical (unpaired) electrons. The van der Waals surface area contributed by atoms with Crippen molar-refractivity contribution in [3.63, 3.8) is 0 Å². The van der Waals surface area contributed by atoms with Crippen LogP contribution in [-0.4, -0.2) is 12.7 Å². The van der Waals surface area contributed by atoms with Crippen LogP contribution in [0, 0.1) is 29.5 Å². The SMILES string of the molecule is CCCCOc1cc2c(cc1F)OC(C1CCC(C3CCC(CC)CC3)CC1)CC2. The van der Waals surface area contributed by atoms with Gasteiger partial charge in [0.2, 0.25) is 0 Å². The van der Waals surface area contributed by atoms with Gasteiger partial charge in [-0.1, -0.05) is 39.5 Å². The van der Waals surface area contributed by atoms with Gasteiger partial charge in [0.1, 0.15) is 11.9 Å². The van der Waals surface area contributed by atoms with Crippen molar-refractivity contribution in [3.8, 4) is 11.5 Å². The standard InChI is InChI=1S/C27H41FO2/c1-3-5-16-29-27-17-23-14-15-25(30-26(23)18-24(27)28)22-12-10-21(11-13-22)20-8-6-19(4-2)7-9-20/h17-22,25H,3-16H2,1-2H3. The van der Waals surface area contributed by atoms with Crippen LogP contribution in [0.2, 0.25) is 0 Å². The van der Waals surface area contributed by atoms with Crippen LogP contribution in [0.3, 0.4) is 0 Å². The third-order valence-corrected chi connectivity index (χ3v) is 8.32. The van der Waals surface area contributed by atoms with Gasteiger partial charge in [-0.3, -0.25) is 0 Å². The Morgan fingerprint density at radius 3 is 2.23 bits per heavy atom. The first-order valence-corrected chi connectivity index (χ1v) is 12.8. The Balaban J connectivity index is 1.29. The molecule has 2 nitrogen and oxygen atoms in total. The van der Waals surface area contributed by atoms with Gasteiger partial charge in [-0.25, -0.2) is 4.39 Å². The van der Waals surface area contributed by atoms with Crippen LogP contribution in [0.1, 0.15) is 96.5 Å². The number of unbranched alkanes of at least 4 members (excludes halogenated alkanes) is 1. The fourth-order valence-corrected chi connectivity index (χ4v) is 6.23. The minimum Gasteiger partial charge on any atom is -0.491 e. The Hall–Kier alpha value is -1.25. The first-order chi connectivity index (χ1) is 14.7. The van der Waals surface area contributed by atoms with Gasteiger partial charge in [-0.15, -0.1) is 0 Å². The second kappa shape index (κ2) is 10.4. The van der Waals surface area contributed by atoms with Gasteiger partial charge in [-0.05, 0) is 93.1 Å². The molecule has 4 rings (SSSR count). The van der Waals surface area contributed by atoms with E-state index in [1.54, 1.807) is 6.07 Å². The highest BCUT2D eigenvalue weighted by atomic mass is 19.1. The number of benzene rings is 1. The molecule has 0 N–H and O–H groups in total. The van der Waals surface area contributed by atoms with E-state index in [-0.39, 0.29) is 11.9 Å². The van der Waals surface area contributed by atoms with E-state index in [4.69, 9.17) is 9.47 Å². The van der Waals surface area contributed by atoms with Crippen molar-refractivity contribution in [2.24, 2.45) is 23.7 Å². The van der Waals surface area contributed by atoms with Crippen molar-refractivity contribution in [3.05, 3.63) is 23.5 Å². The van der Waals surface area contributed by atoms with E-state index in [9.17, 15) is 4.39 Å². The largest absolute Gasteiger partial charge is 0.491 e. The van der Waals surface area contributed by atoms with Gasteiger partial charge in [0, 0.05) is 6.07 Å². The Bertz CT molecular complexity index is 672. The molecule has 2 saturated carbocycles. The van der Waals surface area contributed by atoms with Crippen molar-refractivity contribution < 1.29 is 13.9 Å². The lowest BCUT2D eigenvalue weighted by Crippen LogP contribution is -2.35. The molecule has 0 amide bonds. The lowest BCUT2D eigenvalue weighted by Gasteiger charge is -2.40. The van der Waals surface area contributed by atoms with E-state index < -0.39 is 0 Å². The first-order valence-electron chi connectivity index (χ1n) is 12.8. The van der Waals surface area contributed by atoms with Crippen LogP contribution in [-0.2, 0) is 6.42 Å². The van der Waals surface area contributed by atoms with Crippen LogP contribution in [0.4, 0.5) is 4.39 Å². The van der Waals surface area contributed by atoms with E-state index in [0.29, 0.717) is 18.3 Å². The third-order valence-electron chi connectivity index (χ3n) is 8.32. The molecule has 3 aliphatic rings. The molecule has 1 atom stereocenters. The molecule has 1 aliphatic heterocycles. The zero-order valence-electron chi connectivity index (χ0n) is 19.1. The predicted molar refractivity (Wildman–Crippen MR) is 121 cm³/mol. The Kier molecular flexibility index (Phi) is 7.59. The maximum Gasteiger partial charge on any atom is 0.168 e. The van der Waals surface area contributed by atoms with Crippen molar-refractivity contribution in [2.75, 3.05) is 6.61 Å². The Morgan fingerprint density at radius 2 is 1.57 bits per heavy atom. The molecule has 0 spiro atoms. The minimum atomic E-state index is -0.281. The van der Waals surface area contributed by atoms with Gasteiger partial charge in [0.15, 0.2) is 11.6 Å². The Morgan fingerprint density at radius 1 is 0.900 bits per heavy atom. The molecule has 2 fully saturated rings. The number of halogens is 1. The molecule has 1 unspecified atom stereocenters. The summed E-state index contributed by atoms with van der Waals surface area (Å²) < 4.78 is 26.5. The maximum absolute atomic E-state index is 14.5. The molecular formula is C27H41FO2. The molecule has 2 aliphatic carbocycles. The van der Waals surface area contributed by atoms with Gasteiger partial charge in [-0.2, -0.15) is 0 Å². The molecular weight excluding hydrogens is 375 g/mol. The van der Waals surface area contributed by atoms with Gasteiger partial charge in [0.25, 0.3) is 0 Å². The van der Waals surface area contributed by atoms with Crippen LogP contribution in [0.15, 0.2) is 12.1 Å². The summed E-state index contributed by atoms with van der Waals surface area (Å²) in [4.78, 5) is 0. The number of hydrogen-bond donors (Lipinski definition) is 0. The van der Waals surface area contributed by atoms with Crippen LogP contribution in [0.5, 0.6) is 11.5 Å². The highest BCUT2D eigenvalue weighted by Crippen LogP contribution is 2.44. The minimum absolute atomic E-state index is 0.264. The number of hydrogen-bond acceptors (Lipinski definition) is 2. The molecule has 3 heteroatoms. The zero-order valence-corrected chi connectivity index (χ0v) is 19.1. The summed E-state index contributed by atoms with van der Waals surface area (Å²) in [7, 11) is 0. The second-order valence-electron chi connectivity index (χ2n) is 10.2. The molecule has 30 heavy (non-hydrogen) atoms. The summed E-state index contributed by atoms with van der Waals surface area (Å²) >= 11 is 0. The summed E-state index contributed by atoms with van der Waals surface area (Å²) in [6, 6.07) is 3.45. The summed E-state index contributed by atoms with van der Waals surface area (Å²) in [6.07, 6.45) is 16.8. The summed E-state index contributed by atoms with van der Waals surface area (Å²) in [5.41, 5.74) is 1.11. The molecule has 1 heterocycles. The van der Waals surface area contributed by atoms with Crippen LogP contribution in [0.25, 0.3) is 0 Å². The lowest BCUT2D eigenvalue weighted by atomic mass is 9.68. The van der Waals surface area contributed by atoms with E-state index in [0.717, 1.165) is 54.7 Å². The highest BCUT2D eigenvalue weighted by Gasteiger charge is 2.35. The van der Waals surface area contributed by atoms with E-state index in [2.05, 4.69) is 13.8 Å². The summed E-state index contributed by atoms with van der Waals surface area (Å²) in [5, 5.41) is 0. The molecule has 1 aromatic carbocycles. The van der Waals surface area contributed by atoms with Crippen LogP contribution >= 0.6 is 0 Å². The van der Waals surface area contributed by atoms with E-state index >= 15 is 0 Å². The molecule has 168 valence electrons. The number of ether oxygens (including phenoxy) is 2. The lowest BCUT2D eigenvalue weighted by molar-refractivity contribution is 0.0597. The molecule has 0 bridgehead atoms. The fraction of sp³-hybridized carbons (Fsp3) is 0.778. The molecule has 1 aromatic rings. The zero-order chi connectivity index (χ0) is 20.9. The Labute approximate surface area is 182 Å². The average Bonchev–Trinajstić information content (AvgIpc) is 2.79. The first kappa shape index (κ1) is 22.0. The normalized spacial score (nSPS) is 31.6. The van der Waals surface area contributed by atoms with E-state index in [1.165, 1.54) is 57.8 Å². The van der Waals surface area contributed by atoms with Crippen molar-refractivity contribution >= 4 is 0 Å². The average molecular weight is 417 g/mol. The van der Waals surface area contributed by atoms with Crippen molar-refractivity contribution in [1.29, 1.82) is 0 Å². The highest BCUT2D eigenvalue weighted by molar-refractivity contribution is 5.43. The van der Waals surface area contributed by atoms with E-state index in [1.807, 2.05) is 6.07 Å². The number of fused-ring (bicyclic) bond motifs is 1. The van der Waals surface area contributed by atoms with Crippen LogP contribution < -0.4 is 9.47 Å². The van der Waals surface area contributed by atoms with Gasteiger partial charge in [0.05, 0.1) is 6.61 Å². The third kappa shape index (κ3) is 5.14. The van der Waals surface area contributed by atoms with Gasteiger partial charge >= 0.3 is 0 Å². The quantitative estimate of drug-likeness (QED) is 0.424. The monoisotopic (exact) mass is 416 g/mol. The molecule has 0 aromatic heterocycles.